The number of hydrogen-bond donors (Lipinski definition) is 2. The zero-order valence-electron chi connectivity index (χ0n) is 13.2. The molecule has 0 aliphatic carbocycles. The summed E-state index contributed by atoms with van der Waals surface area (Å²) in [6.07, 6.45) is 0. The van der Waals surface area contributed by atoms with Crippen molar-refractivity contribution in [3.05, 3.63) is 65.5 Å². The molecular weight excluding hydrogens is 319 g/mol. The molecule has 0 fully saturated rings. The van der Waals surface area contributed by atoms with E-state index < -0.39 is 11.6 Å². The monoisotopic (exact) mass is 337 g/mol. The van der Waals surface area contributed by atoms with Crippen LogP contribution in [0, 0.1) is 17.5 Å². The molecule has 0 heterocycles. The first-order chi connectivity index (χ1) is 11.6. The van der Waals surface area contributed by atoms with E-state index in [4.69, 9.17) is 4.74 Å². The van der Waals surface area contributed by atoms with Crippen molar-refractivity contribution in [2.75, 3.05) is 20.2 Å². The summed E-state index contributed by atoms with van der Waals surface area (Å²) in [4.78, 5) is 4.00. The first-order valence-corrected chi connectivity index (χ1v) is 7.36. The van der Waals surface area contributed by atoms with Crippen molar-refractivity contribution in [1.29, 1.82) is 0 Å². The zero-order chi connectivity index (χ0) is 17.4. The van der Waals surface area contributed by atoms with Gasteiger partial charge in [-0.3, -0.25) is 4.99 Å². The van der Waals surface area contributed by atoms with Crippen LogP contribution in [0.5, 0.6) is 5.75 Å². The predicted octanol–water partition coefficient (Wildman–Crippen LogP) is 2.85. The molecule has 2 aromatic rings. The smallest absolute Gasteiger partial charge is 0.191 e. The summed E-state index contributed by atoms with van der Waals surface area (Å²) in [6, 6.07) is 9.56. The fourth-order valence-electron chi connectivity index (χ4n) is 1.96. The summed E-state index contributed by atoms with van der Waals surface area (Å²) in [5.41, 5.74) is 0.519. The minimum atomic E-state index is -0.753. The molecule has 0 bridgehead atoms. The lowest BCUT2D eigenvalue weighted by Gasteiger charge is -2.13. The molecule has 2 aromatic carbocycles. The van der Waals surface area contributed by atoms with Crippen molar-refractivity contribution in [3.63, 3.8) is 0 Å². The Kier molecular flexibility index (Phi) is 6.48. The van der Waals surface area contributed by atoms with Crippen LogP contribution in [0.4, 0.5) is 13.2 Å². The topological polar surface area (TPSA) is 45.7 Å². The van der Waals surface area contributed by atoms with Crippen LogP contribution in [0.2, 0.25) is 0 Å². The van der Waals surface area contributed by atoms with Crippen LogP contribution in [-0.2, 0) is 6.54 Å². The molecule has 0 aliphatic rings. The van der Waals surface area contributed by atoms with E-state index >= 15 is 0 Å². The minimum absolute atomic E-state index is 0.0208. The first kappa shape index (κ1) is 17.7. The predicted molar refractivity (Wildman–Crippen MR) is 86.5 cm³/mol. The molecule has 0 spiro atoms. The maximum atomic E-state index is 13.5. The van der Waals surface area contributed by atoms with E-state index in [1.54, 1.807) is 25.2 Å². The number of benzene rings is 2. The van der Waals surface area contributed by atoms with Crippen LogP contribution in [0.25, 0.3) is 0 Å². The van der Waals surface area contributed by atoms with Crippen LogP contribution in [-0.4, -0.2) is 26.2 Å². The maximum Gasteiger partial charge on any atom is 0.191 e. The van der Waals surface area contributed by atoms with Gasteiger partial charge in [0.1, 0.15) is 18.2 Å². The molecule has 0 radical (unpaired) electrons. The van der Waals surface area contributed by atoms with Crippen LogP contribution in [0.3, 0.4) is 0 Å². The van der Waals surface area contributed by atoms with E-state index in [0.717, 1.165) is 12.1 Å². The highest BCUT2D eigenvalue weighted by Gasteiger charge is 2.05. The Bertz CT molecular complexity index is 707. The average Bonchev–Trinajstić information content (AvgIpc) is 2.57. The van der Waals surface area contributed by atoms with Gasteiger partial charge in [0.05, 0.1) is 6.54 Å². The summed E-state index contributed by atoms with van der Waals surface area (Å²) >= 11 is 0. The Hall–Kier alpha value is -2.70. The van der Waals surface area contributed by atoms with Crippen LogP contribution < -0.4 is 15.4 Å². The third kappa shape index (κ3) is 5.19. The molecule has 0 saturated heterocycles. The third-order valence-corrected chi connectivity index (χ3v) is 3.17. The van der Waals surface area contributed by atoms with E-state index in [1.807, 2.05) is 0 Å². The van der Waals surface area contributed by atoms with Crippen molar-refractivity contribution in [3.8, 4) is 5.75 Å². The summed E-state index contributed by atoms with van der Waals surface area (Å²) in [5.74, 6) is -1.27. The first-order valence-electron chi connectivity index (χ1n) is 7.36. The second kappa shape index (κ2) is 8.81. The highest BCUT2D eigenvalue weighted by atomic mass is 19.1. The molecule has 2 N–H and O–H groups in total. The van der Waals surface area contributed by atoms with E-state index in [-0.39, 0.29) is 24.7 Å². The van der Waals surface area contributed by atoms with Crippen molar-refractivity contribution >= 4 is 5.96 Å². The third-order valence-electron chi connectivity index (χ3n) is 3.17. The van der Waals surface area contributed by atoms with Gasteiger partial charge in [0.25, 0.3) is 0 Å². The Morgan fingerprint density at radius 3 is 2.54 bits per heavy atom. The summed E-state index contributed by atoms with van der Waals surface area (Å²) < 4.78 is 44.9. The largest absolute Gasteiger partial charge is 0.489 e. The zero-order valence-corrected chi connectivity index (χ0v) is 13.2. The number of nitrogens with zero attached hydrogens (tertiary/aromatic N) is 1. The molecule has 0 unspecified atom stereocenters. The number of hydrogen-bond acceptors (Lipinski definition) is 2. The van der Waals surface area contributed by atoms with Gasteiger partial charge in [-0.2, -0.15) is 0 Å². The number of aliphatic imine (C=N–C) groups is 1. The number of guanidine groups is 1. The highest BCUT2D eigenvalue weighted by molar-refractivity contribution is 5.79. The lowest BCUT2D eigenvalue weighted by Crippen LogP contribution is -2.39. The fraction of sp³-hybridized carbons (Fsp3) is 0.235. The van der Waals surface area contributed by atoms with Crippen molar-refractivity contribution < 1.29 is 17.9 Å². The van der Waals surface area contributed by atoms with Gasteiger partial charge in [0.2, 0.25) is 0 Å². The molecule has 0 aromatic heterocycles. The maximum absolute atomic E-state index is 13.5. The lowest BCUT2D eigenvalue weighted by atomic mass is 10.2. The molecule has 0 aliphatic heterocycles. The number of rotatable bonds is 6. The molecule has 2 rings (SSSR count). The second-order valence-corrected chi connectivity index (χ2v) is 4.87. The van der Waals surface area contributed by atoms with Gasteiger partial charge in [0.15, 0.2) is 17.5 Å². The Morgan fingerprint density at radius 1 is 1.04 bits per heavy atom. The number of ether oxygens (including phenoxy) is 1. The minimum Gasteiger partial charge on any atom is -0.489 e. The van der Waals surface area contributed by atoms with Gasteiger partial charge in [-0.15, -0.1) is 0 Å². The SMILES string of the molecule is CN=C(NCCOc1ccc(F)cc1F)NCc1ccccc1F. The lowest BCUT2D eigenvalue weighted by molar-refractivity contribution is 0.304. The summed E-state index contributed by atoms with van der Waals surface area (Å²) in [6.45, 7) is 0.774. The van der Waals surface area contributed by atoms with Crippen LogP contribution in [0.15, 0.2) is 47.5 Å². The Morgan fingerprint density at radius 2 is 1.83 bits per heavy atom. The van der Waals surface area contributed by atoms with Crippen LogP contribution in [0.1, 0.15) is 5.56 Å². The standard InChI is InChI=1S/C17H18F3N3O/c1-21-17(23-11-12-4-2-3-5-14(12)19)22-8-9-24-16-7-6-13(18)10-15(16)20/h2-7,10H,8-9,11H2,1H3,(H2,21,22,23). The second-order valence-electron chi connectivity index (χ2n) is 4.87. The van der Waals surface area contributed by atoms with Gasteiger partial charge in [-0.25, -0.2) is 13.2 Å². The van der Waals surface area contributed by atoms with Crippen LogP contribution >= 0.6 is 0 Å². The van der Waals surface area contributed by atoms with Gasteiger partial charge in [-0.1, -0.05) is 18.2 Å². The van der Waals surface area contributed by atoms with Gasteiger partial charge in [0, 0.05) is 25.2 Å². The number of nitrogens with one attached hydrogen (secondary N) is 2. The Balaban J connectivity index is 1.75. The number of halogens is 3. The van der Waals surface area contributed by atoms with E-state index in [2.05, 4.69) is 15.6 Å². The molecule has 128 valence electrons. The molecule has 0 amide bonds. The molecule has 24 heavy (non-hydrogen) atoms. The van der Waals surface area contributed by atoms with E-state index in [0.29, 0.717) is 18.1 Å². The summed E-state index contributed by atoms with van der Waals surface area (Å²) in [7, 11) is 1.58. The normalized spacial score (nSPS) is 11.2. The van der Waals surface area contributed by atoms with Gasteiger partial charge >= 0.3 is 0 Å². The molecule has 4 nitrogen and oxygen atoms in total. The molecule has 7 heteroatoms. The van der Waals surface area contributed by atoms with Gasteiger partial charge in [-0.05, 0) is 18.2 Å². The van der Waals surface area contributed by atoms with Crippen molar-refractivity contribution in [2.45, 2.75) is 6.54 Å². The van der Waals surface area contributed by atoms with Crippen molar-refractivity contribution in [1.82, 2.24) is 10.6 Å². The molecule has 0 saturated carbocycles. The van der Waals surface area contributed by atoms with Crippen molar-refractivity contribution in [2.24, 2.45) is 4.99 Å². The average molecular weight is 337 g/mol. The van der Waals surface area contributed by atoms with Gasteiger partial charge < -0.3 is 15.4 Å². The Labute approximate surface area is 138 Å². The fourth-order valence-corrected chi connectivity index (χ4v) is 1.96. The molecule has 0 atom stereocenters. The van der Waals surface area contributed by atoms with E-state index in [9.17, 15) is 13.2 Å². The van der Waals surface area contributed by atoms with E-state index in [1.165, 1.54) is 12.1 Å². The summed E-state index contributed by atoms with van der Waals surface area (Å²) in [5, 5.41) is 5.92. The quantitative estimate of drug-likeness (QED) is 0.484. The molecular formula is C17H18F3N3O. The highest BCUT2D eigenvalue weighted by Crippen LogP contribution is 2.17.